The molecule has 2 rings (SSSR count). The molecule has 0 fully saturated rings. The van der Waals surface area contributed by atoms with Crippen LogP contribution in [0.3, 0.4) is 0 Å². The Morgan fingerprint density at radius 1 is 0.576 bits per heavy atom. The van der Waals surface area contributed by atoms with Gasteiger partial charge in [-0.2, -0.15) is 16.8 Å². The van der Waals surface area contributed by atoms with Crippen LogP contribution in [-0.4, -0.2) is 50.7 Å². The molecule has 0 bridgehead atoms. The minimum atomic E-state index is -3.93. The number of rotatable bonds is 14. The first kappa shape index (κ1) is 32.7. The van der Waals surface area contributed by atoms with Gasteiger partial charge < -0.3 is 17.1 Å². The van der Waals surface area contributed by atoms with Gasteiger partial charge in [0.25, 0.3) is 20.2 Å². The molecule has 13 heteroatoms. The number of benzene rings is 2. The molecule has 0 aromatic heterocycles. The quantitative estimate of drug-likeness (QED) is 0.161. The molecule has 0 unspecified atom stereocenters. The molecule has 2 aromatic rings. The number of unbranched alkanes of at least 4 members (excludes halogenated alkanes) is 2. The van der Waals surface area contributed by atoms with E-state index in [1.165, 1.54) is 0 Å². The fourth-order valence-corrected chi connectivity index (χ4v) is 3.63. The predicted octanol–water partition coefficient (Wildman–Crippen LogP) is -2.19. The van der Waals surface area contributed by atoms with Crippen molar-refractivity contribution in [2.75, 3.05) is 24.7 Å². The zero-order chi connectivity index (χ0) is 22.7. The molecule has 0 saturated heterocycles. The Morgan fingerprint density at radius 2 is 0.879 bits per heavy atom. The van der Waals surface area contributed by atoms with E-state index in [-0.39, 0.29) is 73.5 Å². The number of hydrogen-bond acceptors (Lipinski definition) is 7. The Hall–Kier alpha value is -0.340. The molecule has 0 aliphatic rings. The van der Waals surface area contributed by atoms with Crippen LogP contribution in [0, 0.1) is 0 Å². The summed E-state index contributed by atoms with van der Waals surface area (Å²) >= 11 is 0. The largest absolute Gasteiger partial charge is 1.00 e. The Bertz CT molecular complexity index is 938. The van der Waals surface area contributed by atoms with Crippen LogP contribution in [0.4, 0.5) is 0 Å². The second-order valence-corrected chi connectivity index (χ2v) is 9.87. The zero-order valence-electron chi connectivity index (χ0n) is 20.8. The normalized spacial score (nSPS) is 11.1. The van der Waals surface area contributed by atoms with Crippen molar-refractivity contribution in [3.05, 3.63) is 48.5 Å². The van der Waals surface area contributed by atoms with Crippen LogP contribution in [0.15, 0.2) is 48.5 Å². The standard InChI is InChI=1S/C20H26O9S2.2Na.2H/c21-30(22,23)15-3-1-13-27-17-5-9-19(10-6-17)29-20-11-7-18(8-12-20)28-14-2-4-16-31(24,25)26;;;;/h5-12H,1-4,13-16H2,(H,21,22,23)(H,24,25,26);;;;/q;2*+1;2*-1. The molecule has 0 heterocycles. The van der Waals surface area contributed by atoms with E-state index in [1.807, 2.05) is 0 Å². The van der Waals surface area contributed by atoms with Crippen molar-refractivity contribution in [2.24, 2.45) is 0 Å². The average Bonchev–Trinajstić information content (AvgIpc) is 2.68. The molecule has 176 valence electrons. The van der Waals surface area contributed by atoms with Crippen LogP contribution in [-0.2, 0) is 20.2 Å². The van der Waals surface area contributed by atoms with Crippen molar-refractivity contribution in [1.29, 1.82) is 0 Å². The predicted molar refractivity (Wildman–Crippen MR) is 117 cm³/mol. The maximum Gasteiger partial charge on any atom is 1.00 e. The SMILES string of the molecule is O=S(=O)(O)CCCCOc1ccc(Oc2ccc(OCCCCS(=O)(=O)O)cc2)cc1.[H-].[H-].[Na+].[Na+]. The fraction of sp³-hybridized carbons (Fsp3) is 0.400. The van der Waals surface area contributed by atoms with Crippen molar-refractivity contribution in [3.8, 4) is 23.0 Å². The van der Waals surface area contributed by atoms with Crippen molar-refractivity contribution in [1.82, 2.24) is 0 Å². The van der Waals surface area contributed by atoms with E-state index in [2.05, 4.69) is 0 Å². The Balaban J connectivity index is -0.00000256. The summed E-state index contributed by atoms with van der Waals surface area (Å²) < 4.78 is 76.7. The summed E-state index contributed by atoms with van der Waals surface area (Å²) in [5.74, 6) is 1.91. The number of ether oxygens (including phenoxy) is 3. The Morgan fingerprint density at radius 3 is 1.18 bits per heavy atom. The summed E-state index contributed by atoms with van der Waals surface area (Å²) in [5, 5.41) is 0. The molecule has 0 aliphatic carbocycles. The van der Waals surface area contributed by atoms with Gasteiger partial charge >= 0.3 is 59.1 Å². The van der Waals surface area contributed by atoms with Crippen LogP contribution in [0.1, 0.15) is 28.5 Å². The van der Waals surface area contributed by atoms with E-state index < -0.39 is 20.2 Å². The minimum absolute atomic E-state index is 0. The topological polar surface area (TPSA) is 136 Å². The van der Waals surface area contributed by atoms with Gasteiger partial charge in [-0.3, -0.25) is 9.11 Å². The van der Waals surface area contributed by atoms with Gasteiger partial charge in [0, 0.05) is 0 Å². The van der Waals surface area contributed by atoms with Gasteiger partial charge in [-0.1, -0.05) is 0 Å². The molecule has 0 aliphatic heterocycles. The zero-order valence-corrected chi connectivity index (χ0v) is 24.5. The van der Waals surface area contributed by atoms with Crippen molar-refractivity contribution in [3.63, 3.8) is 0 Å². The first-order valence-electron chi connectivity index (χ1n) is 9.65. The number of hydrogen-bond donors (Lipinski definition) is 2. The van der Waals surface area contributed by atoms with Gasteiger partial charge in [0.1, 0.15) is 23.0 Å². The van der Waals surface area contributed by atoms with E-state index in [0.717, 1.165) is 0 Å². The maximum atomic E-state index is 10.6. The second kappa shape index (κ2) is 16.4. The van der Waals surface area contributed by atoms with Crippen LogP contribution in [0.5, 0.6) is 23.0 Å². The van der Waals surface area contributed by atoms with Crippen LogP contribution in [0.2, 0.25) is 0 Å². The van der Waals surface area contributed by atoms with Gasteiger partial charge in [0.05, 0.1) is 24.7 Å². The van der Waals surface area contributed by atoms with Crippen molar-refractivity contribution < 1.29 is 102 Å². The smallest absolute Gasteiger partial charge is 1.00 e. The van der Waals surface area contributed by atoms with Gasteiger partial charge in [0.2, 0.25) is 0 Å². The third kappa shape index (κ3) is 16.0. The molecule has 0 radical (unpaired) electrons. The monoisotopic (exact) mass is 522 g/mol. The third-order valence-corrected chi connectivity index (χ3v) is 5.62. The maximum absolute atomic E-state index is 10.6. The molecule has 33 heavy (non-hydrogen) atoms. The van der Waals surface area contributed by atoms with Crippen molar-refractivity contribution >= 4 is 20.2 Å². The first-order valence-corrected chi connectivity index (χ1v) is 12.9. The summed E-state index contributed by atoms with van der Waals surface area (Å²) in [6.07, 6.45) is 1.66. The molecule has 2 aromatic carbocycles. The molecule has 0 saturated carbocycles. The summed E-state index contributed by atoms with van der Waals surface area (Å²) in [6.45, 7) is 0.681. The van der Waals surface area contributed by atoms with Gasteiger partial charge in [-0.25, -0.2) is 0 Å². The van der Waals surface area contributed by atoms with E-state index in [1.54, 1.807) is 48.5 Å². The van der Waals surface area contributed by atoms with Gasteiger partial charge in [0.15, 0.2) is 0 Å². The van der Waals surface area contributed by atoms with Gasteiger partial charge in [-0.15, -0.1) is 0 Å². The van der Waals surface area contributed by atoms with E-state index in [0.29, 0.717) is 61.9 Å². The summed E-state index contributed by atoms with van der Waals surface area (Å²) in [4.78, 5) is 0. The molecular formula is C20H28Na2O9S2. The van der Waals surface area contributed by atoms with E-state index >= 15 is 0 Å². The minimum Gasteiger partial charge on any atom is -1.00 e. The second-order valence-electron chi connectivity index (χ2n) is 6.73. The average molecular weight is 523 g/mol. The fourth-order valence-electron chi connectivity index (χ4n) is 2.50. The third-order valence-electron chi connectivity index (χ3n) is 4.01. The van der Waals surface area contributed by atoms with E-state index in [4.69, 9.17) is 23.3 Å². The Kier molecular flexibility index (Phi) is 16.2. The van der Waals surface area contributed by atoms with Crippen LogP contribution < -0.4 is 73.3 Å². The van der Waals surface area contributed by atoms with Gasteiger partial charge in [-0.05, 0) is 74.2 Å². The van der Waals surface area contributed by atoms with E-state index in [9.17, 15) is 16.8 Å². The van der Waals surface area contributed by atoms with Crippen LogP contribution >= 0.6 is 0 Å². The molecule has 0 spiro atoms. The molecule has 9 nitrogen and oxygen atoms in total. The Labute approximate surface area is 242 Å². The summed E-state index contributed by atoms with van der Waals surface area (Å²) in [6, 6.07) is 13.9. The van der Waals surface area contributed by atoms with Crippen molar-refractivity contribution in [2.45, 2.75) is 25.7 Å². The van der Waals surface area contributed by atoms with Crippen LogP contribution in [0.25, 0.3) is 0 Å². The molecule has 0 amide bonds. The first-order chi connectivity index (χ1) is 14.6. The molecule has 0 atom stereocenters. The molecular weight excluding hydrogens is 494 g/mol. The molecule has 2 N–H and O–H groups in total. The summed E-state index contributed by atoms with van der Waals surface area (Å²) in [5.41, 5.74) is 0. The summed E-state index contributed by atoms with van der Waals surface area (Å²) in [7, 11) is -7.86.